The van der Waals surface area contributed by atoms with Gasteiger partial charge < -0.3 is 15.5 Å². The van der Waals surface area contributed by atoms with E-state index in [1.807, 2.05) is 20.8 Å². The molecule has 1 amide bonds. The number of nitrogen functional groups attached to an aromatic ring is 1. The smallest absolute Gasteiger partial charge is 0.330 e. The first-order valence-corrected chi connectivity index (χ1v) is 11.5. The summed E-state index contributed by atoms with van der Waals surface area (Å²) in [5.74, 6) is 0.654. The second kappa shape index (κ2) is 11.1. The van der Waals surface area contributed by atoms with Crippen molar-refractivity contribution in [3.8, 4) is 0 Å². The molecule has 0 atom stereocenters. The average Bonchev–Trinajstić information content (AvgIpc) is 2.79. The van der Waals surface area contributed by atoms with Gasteiger partial charge in [-0.3, -0.25) is 24.0 Å². The second-order valence-electron chi connectivity index (χ2n) is 8.71. The van der Waals surface area contributed by atoms with Gasteiger partial charge in [0, 0.05) is 51.7 Å². The normalized spacial score (nSPS) is 14.6. The molecule has 3 heterocycles. The third kappa shape index (κ3) is 5.98. The van der Waals surface area contributed by atoms with Gasteiger partial charge in [-0.05, 0) is 18.4 Å². The van der Waals surface area contributed by atoms with Gasteiger partial charge in [0.15, 0.2) is 5.69 Å². The molecule has 2 aromatic rings. The van der Waals surface area contributed by atoms with Crippen LogP contribution in [0.1, 0.15) is 33.6 Å². The fraction of sp³-hybridized carbons (Fsp3) is 0.591. The number of unbranched alkanes of at least 4 members (excludes halogenated alkanes) is 1. The van der Waals surface area contributed by atoms with E-state index in [2.05, 4.69) is 24.8 Å². The zero-order valence-electron chi connectivity index (χ0n) is 19.7. The lowest BCUT2D eigenvalue weighted by Gasteiger charge is -2.35. The van der Waals surface area contributed by atoms with Gasteiger partial charge in [-0.1, -0.05) is 27.2 Å². The summed E-state index contributed by atoms with van der Waals surface area (Å²) in [6.45, 7) is 9.55. The monoisotopic (exact) mass is 458 g/mol. The molecule has 3 N–H and O–H groups in total. The quantitative estimate of drug-likeness (QED) is 0.556. The summed E-state index contributed by atoms with van der Waals surface area (Å²) < 4.78 is 1.34. The van der Waals surface area contributed by atoms with Crippen molar-refractivity contribution < 1.29 is 4.79 Å². The first kappa shape index (κ1) is 24.4. The molecule has 0 radical (unpaired) electrons. The maximum atomic E-state index is 13.3. The van der Waals surface area contributed by atoms with Crippen molar-refractivity contribution in [2.75, 3.05) is 54.8 Å². The van der Waals surface area contributed by atoms with Gasteiger partial charge in [-0.25, -0.2) is 14.8 Å². The number of carbonyl (C=O) groups is 1. The highest BCUT2D eigenvalue weighted by molar-refractivity contribution is 5.96. The number of aromatic amines is 1. The van der Waals surface area contributed by atoms with Crippen LogP contribution in [0.15, 0.2) is 28.0 Å². The van der Waals surface area contributed by atoms with E-state index in [4.69, 9.17) is 5.73 Å². The number of nitrogens with zero attached hydrogens (tertiary/aromatic N) is 6. The molecule has 0 spiro atoms. The van der Waals surface area contributed by atoms with Crippen LogP contribution in [0, 0.1) is 5.92 Å². The van der Waals surface area contributed by atoms with Gasteiger partial charge in [0.05, 0.1) is 6.54 Å². The molecule has 11 heteroatoms. The Morgan fingerprint density at radius 2 is 1.85 bits per heavy atom. The topological polar surface area (TPSA) is 133 Å². The van der Waals surface area contributed by atoms with Crippen LogP contribution in [0.3, 0.4) is 0 Å². The molecule has 0 unspecified atom stereocenters. The van der Waals surface area contributed by atoms with Crippen LogP contribution in [0.5, 0.6) is 0 Å². The number of H-pyrrole nitrogens is 1. The highest BCUT2D eigenvalue weighted by atomic mass is 16.2. The standard InChI is InChI=1S/C22H34N8O3/c1-4-5-9-29(18-19(23)30(14-16(2)3)22(33)26-20(18)32)17(31)15-27-10-12-28(13-11-27)21-24-7-6-8-25-21/h6-8,16H,4-5,9-15,23H2,1-3H3,(H,26,32,33). The van der Waals surface area contributed by atoms with Crippen molar-refractivity contribution >= 4 is 23.4 Å². The summed E-state index contributed by atoms with van der Waals surface area (Å²) in [4.78, 5) is 54.9. The van der Waals surface area contributed by atoms with Crippen LogP contribution < -0.4 is 26.8 Å². The molecule has 3 rings (SSSR count). The van der Waals surface area contributed by atoms with E-state index in [9.17, 15) is 14.4 Å². The molecule has 1 aliphatic rings. The van der Waals surface area contributed by atoms with E-state index < -0.39 is 11.2 Å². The Hall–Kier alpha value is -3.21. The molecule has 2 aromatic heterocycles. The van der Waals surface area contributed by atoms with Crippen LogP contribution >= 0.6 is 0 Å². The number of anilines is 3. The minimum Gasteiger partial charge on any atom is -0.383 e. The summed E-state index contributed by atoms with van der Waals surface area (Å²) in [6, 6.07) is 1.78. The summed E-state index contributed by atoms with van der Waals surface area (Å²) in [5.41, 5.74) is 5.14. The summed E-state index contributed by atoms with van der Waals surface area (Å²) >= 11 is 0. The summed E-state index contributed by atoms with van der Waals surface area (Å²) in [6.07, 6.45) is 4.99. The van der Waals surface area contributed by atoms with Gasteiger partial charge >= 0.3 is 5.69 Å². The number of rotatable bonds is 9. The van der Waals surface area contributed by atoms with Crippen molar-refractivity contribution in [3.05, 3.63) is 39.3 Å². The van der Waals surface area contributed by atoms with Crippen molar-refractivity contribution in [1.29, 1.82) is 0 Å². The number of hydrogen-bond acceptors (Lipinski definition) is 8. The highest BCUT2D eigenvalue weighted by Crippen LogP contribution is 2.19. The molecule has 1 fully saturated rings. The van der Waals surface area contributed by atoms with Crippen LogP contribution in [0.2, 0.25) is 0 Å². The number of nitrogens with one attached hydrogen (secondary N) is 1. The average molecular weight is 459 g/mol. The molecule has 1 saturated heterocycles. The van der Waals surface area contributed by atoms with E-state index in [1.165, 1.54) is 9.47 Å². The molecule has 0 aliphatic carbocycles. The minimum absolute atomic E-state index is 0.0351. The van der Waals surface area contributed by atoms with Gasteiger partial charge in [0.2, 0.25) is 11.9 Å². The maximum absolute atomic E-state index is 13.3. The number of nitrogens with two attached hydrogens (primary N) is 1. The number of piperazine rings is 1. The van der Waals surface area contributed by atoms with Crippen LogP contribution in [0.4, 0.5) is 17.5 Å². The fourth-order valence-electron chi connectivity index (χ4n) is 3.90. The van der Waals surface area contributed by atoms with Crippen molar-refractivity contribution in [3.63, 3.8) is 0 Å². The molecule has 0 aromatic carbocycles. The third-order valence-electron chi connectivity index (χ3n) is 5.63. The third-order valence-corrected chi connectivity index (χ3v) is 5.63. The van der Waals surface area contributed by atoms with Crippen molar-refractivity contribution in [1.82, 2.24) is 24.4 Å². The van der Waals surface area contributed by atoms with Crippen LogP contribution in [0.25, 0.3) is 0 Å². The second-order valence-corrected chi connectivity index (χ2v) is 8.71. The lowest BCUT2D eigenvalue weighted by molar-refractivity contribution is -0.119. The van der Waals surface area contributed by atoms with Crippen molar-refractivity contribution in [2.24, 2.45) is 5.92 Å². The van der Waals surface area contributed by atoms with Gasteiger partial charge in [0.25, 0.3) is 5.56 Å². The Bertz CT molecular complexity index is 1040. The van der Waals surface area contributed by atoms with Gasteiger partial charge in [0.1, 0.15) is 5.82 Å². The first-order chi connectivity index (χ1) is 15.8. The number of hydrogen-bond donors (Lipinski definition) is 2. The predicted octanol–water partition coefficient (Wildman–Crippen LogP) is 0.520. The van der Waals surface area contributed by atoms with E-state index in [0.717, 1.165) is 6.42 Å². The molecular formula is C22H34N8O3. The largest absolute Gasteiger partial charge is 0.383 e. The number of aromatic nitrogens is 4. The van der Waals surface area contributed by atoms with Gasteiger partial charge in [-0.15, -0.1) is 0 Å². The molecule has 1 aliphatic heterocycles. The molecule has 180 valence electrons. The van der Waals surface area contributed by atoms with E-state index in [1.54, 1.807) is 18.5 Å². The van der Waals surface area contributed by atoms with Crippen LogP contribution in [-0.4, -0.2) is 69.6 Å². The Labute approximate surface area is 193 Å². The molecule has 11 nitrogen and oxygen atoms in total. The van der Waals surface area contributed by atoms with E-state index >= 15 is 0 Å². The van der Waals surface area contributed by atoms with Gasteiger partial charge in [-0.2, -0.15) is 0 Å². The SMILES string of the molecule is CCCCN(C(=O)CN1CCN(c2ncccn2)CC1)c1c(N)n(CC(C)C)c(=O)[nH]c1=O. The zero-order chi connectivity index (χ0) is 24.0. The number of carbonyl (C=O) groups excluding carboxylic acids is 1. The lowest BCUT2D eigenvalue weighted by Crippen LogP contribution is -2.51. The Kier molecular flexibility index (Phi) is 8.21. The molecular weight excluding hydrogens is 424 g/mol. The summed E-state index contributed by atoms with van der Waals surface area (Å²) in [7, 11) is 0. The van der Waals surface area contributed by atoms with Crippen molar-refractivity contribution in [2.45, 2.75) is 40.2 Å². The Morgan fingerprint density at radius 3 is 2.45 bits per heavy atom. The van der Waals surface area contributed by atoms with E-state index in [-0.39, 0.29) is 29.9 Å². The molecule has 0 saturated carbocycles. The highest BCUT2D eigenvalue weighted by Gasteiger charge is 2.27. The lowest BCUT2D eigenvalue weighted by atomic mass is 10.2. The first-order valence-electron chi connectivity index (χ1n) is 11.5. The Balaban J connectivity index is 1.77. The summed E-state index contributed by atoms with van der Waals surface area (Å²) in [5, 5.41) is 0. The Morgan fingerprint density at radius 1 is 1.18 bits per heavy atom. The molecule has 33 heavy (non-hydrogen) atoms. The van der Waals surface area contributed by atoms with E-state index in [0.29, 0.717) is 51.6 Å². The zero-order valence-corrected chi connectivity index (χ0v) is 19.7. The maximum Gasteiger partial charge on any atom is 0.330 e. The fourth-order valence-corrected chi connectivity index (χ4v) is 3.90. The molecule has 0 bridgehead atoms. The number of amides is 1. The van der Waals surface area contributed by atoms with Crippen LogP contribution in [-0.2, 0) is 11.3 Å². The minimum atomic E-state index is -0.631. The predicted molar refractivity (Wildman–Crippen MR) is 129 cm³/mol.